The first-order chi connectivity index (χ1) is 13.1. The zero-order chi connectivity index (χ0) is 21.4. The number of likely N-dealkylation sites (tertiary alicyclic amines) is 1. The van der Waals surface area contributed by atoms with E-state index in [4.69, 9.17) is 11.5 Å². The summed E-state index contributed by atoms with van der Waals surface area (Å²) in [6.45, 7) is 3.57. The molecule has 28 heavy (non-hydrogen) atoms. The maximum absolute atomic E-state index is 12.9. The summed E-state index contributed by atoms with van der Waals surface area (Å²) in [5.41, 5.74) is 10.3. The number of nitrogens with zero attached hydrogens (tertiary/aromatic N) is 1. The summed E-state index contributed by atoms with van der Waals surface area (Å²) in [6, 6.07) is -2.97. The lowest BCUT2D eigenvalue weighted by atomic mass is 10.0. The highest BCUT2D eigenvalue weighted by Gasteiger charge is 2.39. The van der Waals surface area contributed by atoms with Crippen LogP contribution in [0.5, 0.6) is 0 Å². The van der Waals surface area contributed by atoms with Crippen LogP contribution in [0.4, 0.5) is 0 Å². The molecule has 0 aromatic rings. The van der Waals surface area contributed by atoms with Gasteiger partial charge in [0.15, 0.2) is 0 Å². The molecule has 0 bridgehead atoms. The maximum Gasteiger partial charge on any atom is 0.326 e. The standard InChI is InChI=1S/C17H29N5O6/c1-9(2)14(21-13(24)8-18)16(26)22-7-3-4-11(22)15(25)20-10(17(27)28)5-6-12(19)23/h9-11,14H,3-8,18H2,1-2H3,(H2,19,23)(H,20,25)(H,21,24)(H,27,28). The smallest absolute Gasteiger partial charge is 0.326 e. The third-order valence-corrected chi connectivity index (χ3v) is 4.57. The van der Waals surface area contributed by atoms with Crippen molar-refractivity contribution in [1.82, 2.24) is 15.5 Å². The average molecular weight is 399 g/mol. The van der Waals surface area contributed by atoms with Crippen LogP contribution in [0.3, 0.4) is 0 Å². The molecule has 3 unspecified atom stereocenters. The number of aliphatic carboxylic acids is 1. The van der Waals surface area contributed by atoms with Crippen molar-refractivity contribution in [2.75, 3.05) is 13.1 Å². The van der Waals surface area contributed by atoms with Gasteiger partial charge >= 0.3 is 5.97 Å². The summed E-state index contributed by atoms with van der Waals surface area (Å²) in [4.78, 5) is 60.7. The Morgan fingerprint density at radius 3 is 2.32 bits per heavy atom. The monoisotopic (exact) mass is 399 g/mol. The van der Waals surface area contributed by atoms with E-state index >= 15 is 0 Å². The summed E-state index contributed by atoms with van der Waals surface area (Å²) < 4.78 is 0. The van der Waals surface area contributed by atoms with Crippen LogP contribution in [0.25, 0.3) is 0 Å². The number of carbonyl (C=O) groups is 5. The lowest BCUT2D eigenvalue weighted by molar-refractivity contribution is -0.145. The number of amides is 4. The van der Waals surface area contributed by atoms with Crippen LogP contribution in [-0.4, -0.2) is 70.8 Å². The number of rotatable bonds is 10. The Balaban J connectivity index is 2.87. The van der Waals surface area contributed by atoms with Gasteiger partial charge in [0.25, 0.3) is 0 Å². The molecule has 0 saturated carbocycles. The minimum Gasteiger partial charge on any atom is -0.480 e. The molecule has 4 amide bonds. The van der Waals surface area contributed by atoms with E-state index in [0.717, 1.165) is 0 Å². The van der Waals surface area contributed by atoms with E-state index in [9.17, 15) is 29.1 Å². The van der Waals surface area contributed by atoms with Crippen molar-refractivity contribution < 1.29 is 29.1 Å². The molecule has 1 rings (SSSR count). The highest BCUT2D eigenvalue weighted by atomic mass is 16.4. The van der Waals surface area contributed by atoms with Gasteiger partial charge < -0.3 is 32.1 Å². The first-order valence-electron chi connectivity index (χ1n) is 9.19. The fourth-order valence-corrected chi connectivity index (χ4v) is 3.04. The van der Waals surface area contributed by atoms with E-state index in [-0.39, 0.29) is 25.3 Å². The normalized spacial score (nSPS) is 18.4. The Bertz CT molecular complexity index is 623. The van der Waals surface area contributed by atoms with Gasteiger partial charge in [0.2, 0.25) is 23.6 Å². The van der Waals surface area contributed by atoms with Gasteiger partial charge in [-0.2, -0.15) is 0 Å². The molecule has 1 aliphatic rings. The van der Waals surface area contributed by atoms with Gasteiger partial charge in [0.05, 0.1) is 6.54 Å². The molecule has 158 valence electrons. The van der Waals surface area contributed by atoms with Crippen LogP contribution >= 0.6 is 0 Å². The second-order valence-corrected chi connectivity index (χ2v) is 7.09. The van der Waals surface area contributed by atoms with Gasteiger partial charge in [-0.3, -0.25) is 19.2 Å². The lowest BCUT2D eigenvalue weighted by Crippen LogP contribution is -2.57. The molecule has 1 aliphatic heterocycles. The molecule has 0 radical (unpaired) electrons. The second kappa shape index (κ2) is 10.6. The van der Waals surface area contributed by atoms with Crippen molar-refractivity contribution in [2.24, 2.45) is 17.4 Å². The average Bonchev–Trinajstić information content (AvgIpc) is 3.11. The Morgan fingerprint density at radius 1 is 1.18 bits per heavy atom. The SMILES string of the molecule is CC(C)C(NC(=O)CN)C(=O)N1CCCC1C(=O)NC(CCC(N)=O)C(=O)O. The Morgan fingerprint density at radius 2 is 1.82 bits per heavy atom. The molecule has 0 aromatic heterocycles. The first-order valence-corrected chi connectivity index (χ1v) is 9.19. The van der Waals surface area contributed by atoms with E-state index in [1.165, 1.54) is 4.90 Å². The van der Waals surface area contributed by atoms with Crippen molar-refractivity contribution in [3.63, 3.8) is 0 Å². The first kappa shape index (κ1) is 23.3. The van der Waals surface area contributed by atoms with Crippen molar-refractivity contribution in [3.05, 3.63) is 0 Å². The van der Waals surface area contributed by atoms with Crippen LogP contribution in [0.2, 0.25) is 0 Å². The summed E-state index contributed by atoms with van der Waals surface area (Å²) >= 11 is 0. The highest BCUT2D eigenvalue weighted by Crippen LogP contribution is 2.21. The Hall–Kier alpha value is -2.69. The molecule has 1 heterocycles. The van der Waals surface area contributed by atoms with Gasteiger partial charge in [-0.1, -0.05) is 13.8 Å². The van der Waals surface area contributed by atoms with Gasteiger partial charge in [-0.25, -0.2) is 4.79 Å². The number of nitrogens with two attached hydrogens (primary N) is 2. The van der Waals surface area contributed by atoms with E-state index in [1.54, 1.807) is 13.8 Å². The number of carboxylic acid groups (broad SMARTS) is 1. The number of nitrogens with one attached hydrogen (secondary N) is 2. The van der Waals surface area contributed by atoms with Gasteiger partial charge in [0, 0.05) is 13.0 Å². The zero-order valence-corrected chi connectivity index (χ0v) is 16.1. The third-order valence-electron chi connectivity index (χ3n) is 4.57. The minimum atomic E-state index is -1.29. The molecule has 7 N–H and O–H groups in total. The molecule has 0 aromatic carbocycles. The van der Waals surface area contributed by atoms with Gasteiger partial charge in [0.1, 0.15) is 18.1 Å². The zero-order valence-electron chi connectivity index (χ0n) is 16.1. The summed E-state index contributed by atoms with van der Waals surface area (Å²) in [5, 5.41) is 14.2. The maximum atomic E-state index is 12.9. The predicted molar refractivity (Wildman–Crippen MR) is 98.6 cm³/mol. The lowest BCUT2D eigenvalue weighted by Gasteiger charge is -2.31. The molecule has 1 fully saturated rings. The van der Waals surface area contributed by atoms with Crippen molar-refractivity contribution in [1.29, 1.82) is 0 Å². The Labute approximate surface area is 163 Å². The summed E-state index contributed by atoms with van der Waals surface area (Å²) in [5.74, 6) is -3.71. The summed E-state index contributed by atoms with van der Waals surface area (Å²) in [6.07, 6.45) is 0.608. The number of primary amides is 1. The highest BCUT2D eigenvalue weighted by molar-refractivity contribution is 5.94. The Kier molecular flexibility index (Phi) is 8.83. The van der Waals surface area contributed by atoms with E-state index in [0.29, 0.717) is 19.4 Å². The van der Waals surface area contributed by atoms with Crippen LogP contribution < -0.4 is 22.1 Å². The third kappa shape index (κ3) is 6.48. The van der Waals surface area contributed by atoms with Crippen LogP contribution in [-0.2, 0) is 24.0 Å². The molecule has 1 saturated heterocycles. The van der Waals surface area contributed by atoms with Crippen LogP contribution in [0, 0.1) is 5.92 Å². The number of carbonyl (C=O) groups excluding carboxylic acids is 4. The number of hydrogen-bond donors (Lipinski definition) is 5. The number of carboxylic acids is 1. The van der Waals surface area contributed by atoms with Crippen LogP contribution in [0.1, 0.15) is 39.5 Å². The molecular formula is C17H29N5O6. The van der Waals surface area contributed by atoms with Gasteiger partial charge in [-0.15, -0.1) is 0 Å². The molecule has 11 heteroatoms. The molecule has 0 spiro atoms. The fourth-order valence-electron chi connectivity index (χ4n) is 3.04. The largest absolute Gasteiger partial charge is 0.480 e. The van der Waals surface area contributed by atoms with Crippen molar-refractivity contribution in [3.8, 4) is 0 Å². The topological polar surface area (TPSA) is 185 Å². The van der Waals surface area contributed by atoms with E-state index < -0.39 is 47.7 Å². The van der Waals surface area contributed by atoms with E-state index in [2.05, 4.69) is 10.6 Å². The minimum absolute atomic E-state index is 0.141. The van der Waals surface area contributed by atoms with Crippen LogP contribution in [0.15, 0.2) is 0 Å². The number of hydrogen-bond acceptors (Lipinski definition) is 6. The second-order valence-electron chi connectivity index (χ2n) is 7.09. The van der Waals surface area contributed by atoms with Gasteiger partial charge in [-0.05, 0) is 25.2 Å². The molecular weight excluding hydrogens is 370 g/mol. The quantitative estimate of drug-likeness (QED) is 0.279. The molecule has 3 atom stereocenters. The summed E-state index contributed by atoms with van der Waals surface area (Å²) in [7, 11) is 0. The van der Waals surface area contributed by atoms with Crippen molar-refractivity contribution >= 4 is 29.6 Å². The fraction of sp³-hybridized carbons (Fsp3) is 0.706. The molecule has 11 nitrogen and oxygen atoms in total. The van der Waals surface area contributed by atoms with Crippen molar-refractivity contribution in [2.45, 2.75) is 57.7 Å². The predicted octanol–water partition coefficient (Wildman–Crippen LogP) is -2.09. The van der Waals surface area contributed by atoms with E-state index in [1.807, 2.05) is 0 Å². The molecule has 0 aliphatic carbocycles.